The molecule has 0 bridgehead atoms. The zero-order valence-corrected chi connectivity index (χ0v) is 22.3. The fourth-order valence-corrected chi connectivity index (χ4v) is 3.56. The van der Waals surface area contributed by atoms with Gasteiger partial charge in [0.1, 0.15) is 18.1 Å². The van der Waals surface area contributed by atoms with Gasteiger partial charge in [-0.3, -0.25) is 4.79 Å². The van der Waals surface area contributed by atoms with Crippen molar-refractivity contribution in [1.29, 1.82) is 0 Å². The minimum absolute atomic E-state index is 0.287. The third kappa shape index (κ3) is 8.19. The molecule has 0 saturated carbocycles. The first-order valence-corrected chi connectivity index (χ1v) is 12.8. The third-order valence-corrected chi connectivity index (χ3v) is 5.62. The predicted molar refractivity (Wildman–Crippen MR) is 152 cm³/mol. The Labute approximate surface area is 233 Å². The molecule has 204 valence electrons. The molecular weight excluding hydrogens is 508 g/mol. The summed E-state index contributed by atoms with van der Waals surface area (Å²) in [7, 11) is 0. The van der Waals surface area contributed by atoms with Crippen LogP contribution in [0.4, 0.5) is 0 Å². The molecule has 0 saturated heterocycles. The number of hydrogen-bond acceptors (Lipinski definition) is 7. The van der Waals surface area contributed by atoms with Crippen LogP contribution in [-0.2, 0) is 11.4 Å². The Morgan fingerprint density at radius 2 is 1.50 bits per heavy atom. The summed E-state index contributed by atoms with van der Waals surface area (Å²) in [6, 6.07) is 30.6. The van der Waals surface area contributed by atoms with Gasteiger partial charge in [-0.1, -0.05) is 48.5 Å². The lowest BCUT2D eigenvalue weighted by molar-refractivity contribution is -0.127. The van der Waals surface area contributed by atoms with Crippen molar-refractivity contribution < 1.29 is 28.5 Å². The lowest BCUT2D eigenvalue weighted by Crippen LogP contribution is -2.33. The van der Waals surface area contributed by atoms with Crippen molar-refractivity contribution in [2.75, 3.05) is 6.61 Å². The number of rotatable bonds is 12. The van der Waals surface area contributed by atoms with Gasteiger partial charge in [0.2, 0.25) is 0 Å². The molecule has 4 rings (SSSR count). The molecule has 40 heavy (non-hydrogen) atoms. The highest BCUT2D eigenvalue weighted by atomic mass is 16.6. The monoisotopic (exact) mass is 538 g/mol. The van der Waals surface area contributed by atoms with E-state index in [0.29, 0.717) is 41.6 Å². The number of nitrogens with one attached hydrogen (secondary N) is 1. The van der Waals surface area contributed by atoms with Crippen LogP contribution in [0.3, 0.4) is 0 Å². The Morgan fingerprint density at radius 1 is 0.825 bits per heavy atom. The second-order valence-electron chi connectivity index (χ2n) is 8.63. The summed E-state index contributed by atoms with van der Waals surface area (Å²) >= 11 is 0. The van der Waals surface area contributed by atoms with E-state index in [-0.39, 0.29) is 5.75 Å². The molecule has 1 amide bonds. The number of hydrazone groups is 1. The normalized spacial score (nSPS) is 11.4. The highest BCUT2D eigenvalue weighted by Crippen LogP contribution is 2.29. The van der Waals surface area contributed by atoms with Gasteiger partial charge in [0.15, 0.2) is 17.6 Å². The van der Waals surface area contributed by atoms with Gasteiger partial charge in [0.05, 0.1) is 18.4 Å². The molecule has 1 atom stereocenters. The molecule has 0 fully saturated rings. The Hall–Kier alpha value is -5.11. The van der Waals surface area contributed by atoms with E-state index in [0.717, 1.165) is 5.56 Å². The molecule has 4 aromatic carbocycles. The molecule has 0 spiro atoms. The smallest absolute Gasteiger partial charge is 0.343 e. The van der Waals surface area contributed by atoms with Gasteiger partial charge in [0, 0.05) is 0 Å². The van der Waals surface area contributed by atoms with Crippen molar-refractivity contribution in [3.05, 3.63) is 120 Å². The van der Waals surface area contributed by atoms with Crippen LogP contribution in [0.25, 0.3) is 0 Å². The number of amides is 1. The molecule has 0 aromatic heterocycles. The molecule has 1 unspecified atom stereocenters. The highest BCUT2D eigenvalue weighted by molar-refractivity contribution is 5.91. The number of esters is 1. The second kappa shape index (κ2) is 14.2. The van der Waals surface area contributed by atoms with Crippen molar-refractivity contribution in [2.24, 2.45) is 5.10 Å². The molecule has 8 heteroatoms. The molecule has 0 aliphatic heterocycles. The quantitative estimate of drug-likeness (QED) is 0.106. The summed E-state index contributed by atoms with van der Waals surface area (Å²) in [6.45, 7) is 4.30. The summed E-state index contributed by atoms with van der Waals surface area (Å²) in [4.78, 5) is 24.9. The first-order chi connectivity index (χ1) is 19.5. The lowest BCUT2D eigenvalue weighted by atomic mass is 10.2. The van der Waals surface area contributed by atoms with Crippen LogP contribution >= 0.6 is 0 Å². The van der Waals surface area contributed by atoms with Crippen LogP contribution in [0.2, 0.25) is 0 Å². The molecule has 0 aliphatic carbocycles. The first kappa shape index (κ1) is 27.9. The van der Waals surface area contributed by atoms with E-state index in [9.17, 15) is 9.59 Å². The summed E-state index contributed by atoms with van der Waals surface area (Å²) in [5.74, 6) is 0.994. The predicted octanol–water partition coefficient (Wildman–Crippen LogP) is 5.80. The van der Waals surface area contributed by atoms with E-state index in [1.165, 1.54) is 6.21 Å². The number of hydrogen-bond donors (Lipinski definition) is 1. The maximum absolute atomic E-state index is 12.5. The van der Waals surface area contributed by atoms with E-state index in [1.807, 2.05) is 43.3 Å². The average Bonchev–Trinajstić information content (AvgIpc) is 2.99. The van der Waals surface area contributed by atoms with Gasteiger partial charge in [-0.15, -0.1) is 0 Å². The number of ether oxygens (including phenoxy) is 4. The fraction of sp³-hybridized carbons (Fsp3) is 0.156. The molecule has 0 aliphatic rings. The highest BCUT2D eigenvalue weighted by Gasteiger charge is 2.15. The van der Waals surface area contributed by atoms with Crippen LogP contribution in [-0.4, -0.2) is 30.8 Å². The van der Waals surface area contributed by atoms with Gasteiger partial charge >= 0.3 is 5.97 Å². The number of carbonyl (C=O) groups is 2. The van der Waals surface area contributed by atoms with Gasteiger partial charge in [-0.25, -0.2) is 10.2 Å². The summed E-state index contributed by atoms with van der Waals surface area (Å²) < 4.78 is 22.7. The van der Waals surface area contributed by atoms with E-state index in [2.05, 4.69) is 10.5 Å². The van der Waals surface area contributed by atoms with Crippen molar-refractivity contribution in [3.63, 3.8) is 0 Å². The average molecular weight is 539 g/mol. The van der Waals surface area contributed by atoms with Crippen LogP contribution < -0.4 is 24.4 Å². The Bertz CT molecular complexity index is 1420. The molecular formula is C32H30N2O6. The van der Waals surface area contributed by atoms with E-state index in [4.69, 9.17) is 18.9 Å². The van der Waals surface area contributed by atoms with E-state index >= 15 is 0 Å². The van der Waals surface area contributed by atoms with Crippen LogP contribution in [0.1, 0.15) is 35.3 Å². The van der Waals surface area contributed by atoms with Crippen molar-refractivity contribution >= 4 is 18.1 Å². The minimum atomic E-state index is -0.785. The topological polar surface area (TPSA) is 95.5 Å². The number of benzene rings is 4. The molecule has 4 aromatic rings. The molecule has 0 radical (unpaired) electrons. The molecule has 1 N–H and O–H groups in total. The van der Waals surface area contributed by atoms with Gasteiger partial charge < -0.3 is 18.9 Å². The summed E-state index contributed by atoms with van der Waals surface area (Å²) in [6.07, 6.45) is 0.682. The first-order valence-electron chi connectivity index (χ1n) is 12.8. The van der Waals surface area contributed by atoms with Crippen molar-refractivity contribution in [2.45, 2.75) is 26.6 Å². The Morgan fingerprint density at radius 3 is 2.20 bits per heavy atom. The Balaban J connectivity index is 1.28. The second-order valence-corrected chi connectivity index (χ2v) is 8.63. The summed E-state index contributed by atoms with van der Waals surface area (Å²) in [5.41, 5.74) is 4.62. The summed E-state index contributed by atoms with van der Waals surface area (Å²) in [5, 5.41) is 4.02. The number of nitrogens with zero attached hydrogens (tertiary/aromatic N) is 1. The van der Waals surface area contributed by atoms with Gasteiger partial charge in [-0.05, 0) is 79.6 Å². The standard InChI is InChI=1S/C32H30N2O6/c1-3-37-30-20-25(14-19-29(30)40-32(36)26-12-8-5-9-13-26)21-33-34-31(35)23(2)39-28-17-15-27(16-18-28)38-22-24-10-6-4-7-11-24/h4-21,23H,3,22H2,1-2H3,(H,34,35)/b33-21+. The maximum atomic E-state index is 12.5. The fourth-order valence-electron chi connectivity index (χ4n) is 3.56. The van der Waals surface area contributed by atoms with Crippen LogP contribution in [0.5, 0.6) is 23.0 Å². The molecule has 8 nitrogen and oxygen atoms in total. The lowest BCUT2D eigenvalue weighted by Gasteiger charge is -2.14. The van der Waals surface area contributed by atoms with Gasteiger partial charge in [0.25, 0.3) is 5.91 Å². The van der Waals surface area contributed by atoms with Crippen molar-refractivity contribution in [3.8, 4) is 23.0 Å². The molecule has 0 heterocycles. The van der Waals surface area contributed by atoms with Crippen LogP contribution in [0.15, 0.2) is 108 Å². The zero-order valence-electron chi connectivity index (χ0n) is 22.3. The third-order valence-electron chi connectivity index (χ3n) is 5.62. The zero-order chi connectivity index (χ0) is 28.2. The number of carbonyl (C=O) groups excluding carboxylic acids is 2. The Kier molecular flexibility index (Phi) is 9.88. The minimum Gasteiger partial charge on any atom is -0.490 e. The maximum Gasteiger partial charge on any atom is 0.343 e. The van der Waals surface area contributed by atoms with Crippen LogP contribution in [0, 0.1) is 0 Å². The van der Waals surface area contributed by atoms with Gasteiger partial charge in [-0.2, -0.15) is 5.10 Å². The van der Waals surface area contributed by atoms with E-state index in [1.54, 1.807) is 73.7 Å². The van der Waals surface area contributed by atoms with E-state index < -0.39 is 18.0 Å². The SMILES string of the molecule is CCOc1cc(/C=N/NC(=O)C(C)Oc2ccc(OCc3ccccc3)cc2)ccc1OC(=O)c1ccccc1. The largest absolute Gasteiger partial charge is 0.490 e. The van der Waals surface area contributed by atoms with Crippen molar-refractivity contribution in [1.82, 2.24) is 5.43 Å².